The van der Waals surface area contributed by atoms with E-state index in [2.05, 4.69) is 91.0 Å². The lowest BCUT2D eigenvalue weighted by Gasteiger charge is -2.63. The molecule has 4 nitrogen and oxygen atoms in total. The van der Waals surface area contributed by atoms with Crippen LogP contribution in [-0.4, -0.2) is 15.0 Å². The van der Waals surface area contributed by atoms with Crippen molar-refractivity contribution in [3.63, 3.8) is 0 Å². The molecule has 0 amide bonds. The second-order valence-corrected chi connectivity index (χ2v) is 15.7. The minimum absolute atomic E-state index is 0.0637. The van der Waals surface area contributed by atoms with E-state index < -0.39 is 0 Å². The van der Waals surface area contributed by atoms with Crippen molar-refractivity contribution in [2.45, 2.75) is 37.5 Å². The van der Waals surface area contributed by atoms with Crippen LogP contribution in [0.1, 0.15) is 43.2 Å². The quantitative estimate of drug-likeness (QED) is 0.181. The van der Waals surface area contributed by atoms with Crippen LogP contribution in [0.3, 0.4) is 0 Å². The van der Waals surface area contributed by atoms with E-state index in [1.54, 1.807) is 0 Å². The Bertz CT molecular complexity index is 2420. The summed E-state index contributed by atoms with van der Waals surface area (Å²) < 4.78 is 6.81. The fourth-order valence-corrected chi connectivity index (χ4v) is 10.8. The third kappa shape index (κ3) is 4.99. The average molecular weight is 686 g/mol. The Morgan fingerprint density at radius 3 is 1.43 bits per heavy atom. The molecule has 1 aromatic heterocycles. The molecular formula is C49H39N3O. The number of nitrogens with zero attached hydrogens (tertiary/aromatic N) is 3. The number of ether oxygens (including phenoxy) is 1. The second-order valence-electron chi connectivity index (χ2n) is 15.7. The summed E-state index contributed by atoms with van der Waals surface area (Å²) in [7, 11) is 0. The van der Waals surface area contributed by atoms with Gasteiger partial charge in [-0.2, -0.15) is 0 Å². The topological polar surface area (TPSA) is 47.9 Å². The minimum Gasteiger partial charge on any atom is -0.457 e. The zero-order chi connectivity index (χ0) is 34.9. The van der Waals surface area contributed by atoms with E-state index in [0.717, 1.165) is 51.2 Å². The molecule has 0 N–H and O–H groups in total. The van der Waals surface area contributed by atoms with Crippen LogP contribution >= 0.6 is 0 Å². The molecule has 256 valence electrons. The summed E-state index contributed by atoms with van der Waals surface area (Å²) in [6, 6.07) is 53.7. The third-order valence-corrected chi connectivity index (χ3v) is 12.8. The third-order valence-electron chi connectivity index (χ3n) is 12.8. The molecular weight excluding hydrogens is 647 g/mol. The zero-order valence-electron chi connectivity index (χ0n) is 29.5. The molecule has 0 saturated heterocycles. The first kappa shape index (κ1) is 30.7. The number of benzene rings is 6. The highest BCUT2D eigenvalue weighted by atomic mass is 16.5. The molecule has 4 aliphatic carbocycles. The lowest BCUT2D eigenvalue weighted by atomic mass is 9.42. The maximum atomic E-state index is 6.81. The first-order chi connectivity index (χ1) is 26.2. The van der Waals surface area contributed by atoms with E-state index in [4.69, 9.17) is 19.7 Å². The zero-order valence-corrected chi connectivity index (χ0v) is 29.5. The summed E-state index contributed by atoms with van der Waals surface area (Å²) in [5.74, 6) is 7.28. The SMILES string of the molecule is c1ccc(-c2nc(-c3ccccc3)nc(-c3cccc(-c4cccc(-c5ccc6c(c5)Oc5ccccc5C65C6CC7CC(C6)CC5C7)c4)c3)n2)cc1. The van der Waals surface area contributed by atoms with Crippen molar-refractivity contribution in [3.05, 3.63) is 163 Å². The lowest BCUT2D eigenvalue weighted by molar-refractivity contribution is -0.0452. The van der Waals surface area contributed by atoms with Crippen LogP contribution in [0.25, 0.3) is 56.4 Å². The fourth-order valence-electron chi connectivity index (χ4n) is 10.8. The Kier molecular flexibility index (Phi) is 7.01. The average Bonchev–Trinajstić information content (AvgIpc) is 3.22. The molecule has 4 saturated carbocycles. The Balaban J connectivity index is 0.967. The maximum Gasteiger partial charge on any atom is 0.164 e. The van der Waals surface area contributed by atoms with E-state index in [9.17, 15) is 0 Å². The molecule has 5 aliphatic rings. The molecule has 53 heavy (non-hydrogen) atoms. The smallest absolute Gasteiger partial charge is 0.164 e. The molecule has 4 bridgehead atoms. The Morgan fingerprint density at radius 2 is 0.830 bits per heavy atom. The summed E-state index contributed by atoms with van der Waals surface area (Å²) in [4.78, 5) is 14.9. The van der Waals surface area contributed by atoms with Crippen LogP contribution in [0.4, 0.5) is 0 Å². The van der Waals surface area contributed by atoms with Crippen LogP contribution in [-0.2, 0) is 5.41 Å². The van der Waals surface area contributed by atoms with Crippen LogP contribution < -0.4 is 4.74 Å². The number of hydrogen-bond donors (Lipinski definition) is 0. The maximum absolute atomic E-state index is 6.81. The van der Waals surface area contributed by atoms with Crippen molar-refractivity contribution < 1.29 is 4.74 Å². The summed E-state index contributed by atoms with van der Waals surface area (Å²) in [5.41, 5.74) is 10.4. The predicted octanol–water partition coefficient (Wildman–Crippen LogP) is 12.1. The molecule has 2 heterocycles. The van der Waals surface area contributed by atoms with Gasteiger partial charge in [-0.15, -0.1) is 0 Å². The number of rotatable bonds is 5. The van der Waals surface area contributed by atoms with E-state index in [1.165, 1.54) is 54.4 Å². The number of fused-ring (bicyclic) bond motifs is 2. The van der Waals surface area contributed by atoms with Crippen LogP contribution in [0.5, 0.6) is 11.5 Å². The molecule has 7 aromatic rings. The van der Waals surface area contributed by atoms with Gasteiger partial charge in [0.1, 0.15) is 11.5 Å². The van der Waals surface area contributed by atoms with Gasteiger partial charge in [-0.3, -0.25) is 0 Å². The summed E-state index contributed by atoms with van der Waals surface area (Å²) in [6.45, 7) is 0. The van der Waals surface area contributed by atoms with Crippen LogP contribution in [0, 0.1) is 23.7 Å². The fraction of sp³-hybridized carbons (Fsp3) is 0.204. The normalized spacial score (nSPS) is 23.3. The van der Waals surface area contributed by atoms with Gasteiger partial charge in [0.15, 0.2) is 17.5 Å². The van der Waals surface area contributed by atoms with E-state index in [0.29, 0.717) is 29.3 Å². The molecule has 0 radical (unpaired) electrons. The van der Waals surface area contributed by atoms with Crippen molar-refractivity contribution in [1.82, 2.24) is 15.0 Å². The number of aromatic nitrogens is 3. The number of para-hydroxylation sites is 1. The highest BCUT2D eigenvalue weighted by Crippen LogP contribution is 2.68. The molecule has 12 rings (SSSR count). The Morgan fingerprint density at radius 1 is 0.377 bits per heavy atom. The van der Waals surface area contributed by atoms with Crippen molar-refractivity contribution >= 4 is 0 Å². The van der Waals surface area contributed by atoms with Gasteiger partial charge in [0.2, 0.25) is 0 Å². The van der Waals surface area contributed by atoms with E-state index >= 15 is 0 Å². The van der Waals surface area contributed by atoms with Gasteiger partial charge >= 0.3 is 0 Å². The Hall–Kier alpha value is -5.87. The second kappa shape index (κ2) is 12.1. The van der Waals surface area contributed by atoms with Crippen molar-refractivity contribution in [1.29, 1.82) is 0 Å². The van der Waals surface area contributed by atoms with Gasteiger partial charge in [-0.1, -0.05) is 127 Å². The van der Waals surface area contributed by atoms with Crippen molar-refractivity contribution in [3.8, 4) is 67.9 Å². The molecule has 4 heteroatoms. The predicted molar refractivity (Wildman–Crippen MR) is 211 cm³/mol. The van der Waals surface area contributed by atoms with Gasteiger partial charge in [-0.05, 0) is 102 Å². The van der Waals surface area contributed by atoms with Gasteiger partial charge in [0.05, 0.1) is 0 Å². The summed E-state index contributed by atoms with van der Waals surface area (Å²) >= 11 is 0. The van der Waals surface area contributed by atoms with Crippen LogP contribution in [0.15, 0.2) is 152 Å². The number of hydrogen-bond acceptors (Lipinski definition) is 4. The van der Waals surface area contributed by atoms with Crippen molar-refractivity contribution in [2.24, 2.45) is 23.7 Å². The lowest BCUT2D eigenvalue weighted by Crippen LogP contribution is -2.56. The largest absolute Gasteiger partial charge is 0.457 e. The van der Waals surface area contributed by atoms with Crippen molar-refractivity contribution in [2.75, 3.05) is 0 Å². The first-order valence-corrected chi connectivity index (χ1v) is 19.2. The van der Waals surface area contributed by atoms with Gasteiger partial charge in [0.25, 0.3) is 0 Å². The van der Waals surface area contributed by atoms with E-state index in [1.807, 2.05) is 60.7 Å². The highest BCUT2D eigenvalue weighted by molar-refractivity contribution is 5.78. The highest BCUT2D eigenvalue weighted by Gasteiger charge is 2.61. The van der Waals surface area contributed by atoms with E-state index in [-0.39, 0.29) is 5.41 Å². The molecule has 4 fully saturated rings. The standard InChI is InChI=1S/C49H39N3O/c1-3-11-33(12-4-1)46-50-47(34-13-5-2-6-14-34)52-48(51-46)39-18-10-17-37(29-39)35-15-9-16-36(28-35)38-21-22-43-45(30-38)53-44-20-8-7-19-42(44)49(43)40-24-31-23-32(26-40)27-41(49)25-31/h1-22,28-32,40-41H,23-27H2. The monoisotopic (exact) mass is 685 g/mol. The van der Waals surface area contributed by atoms with Gasteiger partial charge in [0, 0.05) is 33.2 Å². The van der Waals surface area contributed by atoms with Crippen LogP contribution in [0.2, 0.25) is 0 Å². The summed E-state index contributed by atoms with van der Waals surface area (Å²) in [6.07, 6.45) is 6.88. The van der Waals surface area contributed by atoms with Gasteiger partial charge in [-0.25, -0.2) is 15.0 Å². The summed E-state index contributed by atoms with van der Waals surface area (Å²) in [5, 5.41) is 0. The minimum atomic E-state index is 0.0637. The molecule has 1 spiro atoms. The first-order valence-electron chi connectivity index (χ1n) is 19.2. The Labute approximate surface area is 310 Å². The molecule has 0 atom stereocenters. The molecule has 6 aromatic carbocycles. The molecule has 1 aliphatic heterocycles. The molecule has 0 unspecified atom stereocenters. The van der Waals surface area contributed by atoms with Gasteiger partial charge < -0.3 is 4.74 Å².